The molecule has 6 atom stereocenters. The molecule has 0 radical (unpaired) electrons. The molecule has 0 amide bonds. The fourth-order valence-electron chi connectivity index (χ4n) is 6.27. The number of rotatable bonds is 0. The summed E-state index contributed by atoms with van der Waals surface area (Å²) in [5.41, 5.74) is -2.84. The number of hydrogen-bond donors (Lipinski definition) is 2. The van der Waals surface area contributed by atoms with Crippen LogP contribution in [0.5, 0.6) is 0 Å². The van der Waals surface area contributed by atoms with E-state index in [2.05, 4.69) is 11.8 Å². The zero-order valence-corrected chi connectivity index (χ0v) is 12.3. The minimum atomic E-state index is -1.28. The van der Waals surface area contributed by atoms with Gasteiger partial charge in [0.05, 0.1) is 5.41 Å². The summed E-state index contributed by atoms with van der Waals surface area (Å²) < 4.78 is 0. The molecule has 1 unspecified atom stereocenters. The van der Waals surface area contributed by atoms with Gasteiger partial charge in [-0.3, -0.25) is 9.69 Å². The first-order chi connectivity index (χ1) is 9.44. The third-order valence-electron chi connectivity index (χ3n) is 6.85. The molecule has 2 aliphatic heterocycles. The topological polar surface area (TPSA) is 60.8 Å². The molecule has 2 heterocycles. The second kappa shape index (κ2) is 3.84. The third kappa shape index (κ3) is 1.23. The Labute approximate surface area is 120 Å². The molecule has 4 rings (SSSR count). The molecule has 112 valence electrons. The van der Waals surface area contributed by atoms with Crippen LogP contribution in [0.1, 0.15) is 51.9 Å². The molecule has 2 bridgehead atoms. The van der Waals surface area contributed by atoms with Gasteiger partial charge in [-0.15, -0.1) is 0 Å². The van der Waals surface area contributed by atoms with Crippen LogP contribution in [0.2, 0.25) is 0 Å². The van der Waals surface area contributed by atoms with Crippen LogP contribution >= 0.6 is 0 Å². The molecule has 2 aliphatic carbocycles. The zero-order chi connectivity index (χ0) is 14.2. The highest BCUT2D eigenvalue weighted by Crippen LogP contribution is 2.67. The van der Waals surface area contributed by atoms with Gasteiger partial charge in [-0.25, -0.2) is 0 Å². The molecular weight excluding hydrogens is 254 g/mol. The van der Waals surface area contributed by atoms with E-state index in [0.29, 0.717) is 25.2 Å². The van der Waals surface area contributed by atoms with Crippen LogP contribution in [0.25, 0.3) is 0 Å². The summed E-state index contributed by atoms with van der Waals surface area (Å²) >= 11 is 0. The van der Waals surface area contributed by atoms with Crippen molar-refractivity contribution in [1.29, 1.82) is 0 Å². The lowest BCUT2D eigenvalue weighted by Crippen LogP contribution is -2.72. The Kier molecular flexibility index (Phi) is 2.54. The lowest BCUT2D eigenvalue weighted by molar-refractivity contribution is -0.292. The Morgan fingerprint density at radius 3 is 2.65 bits per heavy atom. The van der Waals surface area contributed by atoms with E-state index in [9.17, 15) is 15.0 Å². The lowest BCUT2D eigenvalue weighted by Gasteiger charge is -2.63. The quantitative estimate of drug-likeness (QED) is 0.702. The monoisotopic (exact) mass is 279 g/mol. The average molecular weight is 279 g/mol. The van der Waals surface area contributed by atoms with Crippen molar-refractivity contribution < 1.29 is 15.0 Å². The summed E-state index contributed by atoms with van der Waals surface area (Å²) in [7, 11) is 0. The summed E-state index contributed by atoms with van der Waals surface area (Å²) in [6.45, 7) is 3.89. The van der Waals surface area contributed by atoms with Crippen LogP contribution in [0, 0.1) is 17.3 Å². The van der Waals surface area contributed by atoms with E-state index in [0.717, 1.165) is 38.8 Å². The van der Waals surface area contributed by atoms with Crippen molar-refractivity contribution in [1.82, 2.24) is 4.90 Å². The van der Waals surface area contributed by atoms with Crippen LogP contribution in [0.4, 0.5) is 0 Å². The van der Waals surface area contributed by atoms with Gasteiger partial charge in [0.25, 0.3) is 0 Å². The van der Waals surface area contributed by atoms with Gasteiger partial charge in [0.2, 0.25) is 0 Å². The Hall–Kier alpha value is -0.450. The molecule has 0 aromatic rings. The maximum atomic E-state index is 12.6. The zero-order valence-electron chi connectivity index (χ0n) is 12.3. The van der Waals surface area contributed by atoms with Crippen molar-refractivity contribution >= 4 is 5.78 Å². The number of carbonyl (C=O) groups excluding carboxylic acids is 1. The van der Waals surface area contributed by atoms with E-state index in [4.69, 9.17) is 0 Å². The van der Waals surface area contributed by atoms with Crippen molar-refractivity contribution in [2.75, 3.05) is 13.1 Å². The Balaban J connectivity index is 1.95. The summed E-state index contributed by atoms with van der Waals surface area (Å²) in [5.74, 6) is 0.584. The summed E-state index contributed by atoms with van der Waals surface area (Å²) in [6, 6.07) is 0. The molecular formula is C16H25NO3. The van der Waals surface area contributed by atoms with Gasteiger partial charge < -0.3 is 10.2 Å². The number of ketones is 1. The van der Waals surface area contributed by atoms with Gasteiger partial charge in [-0.1, -0.05) is 6.92 Å². The fourth-order valence-corrected chi connectivity index (χ4v) is 6.27. The fraction of sp³-hybridized carbons (Fsp3) is 0.938. The maximum Gasteiger partial charge on any atom is 0.165 e. The average Bonchev–Trinajstić information content (AvgIpc) is 2.56. The minimum Gasteiger partial charge on any atom is -0.381 e. The number of Topliss-reactive ketones (excluding diaryl/α,β-unsaturated/α-hetero) is 1. The second-order valence-electron chi connectivity index (χ2n) is 7.71. The number of hydrogen-bond acceptors (Lipinski definition) is 4. The van der Waals surface area contributed by atoms with E-state index in [1.807, 2.05) is 0 Å². The molecule has 4 fully saturated rings. The predicted molar refractivity (Wildman–Crippen MR) is 73.9 cm³/mol. The molecule has 2 saturated heterocycles. The minimum absolute atomic E-state index is 0.00113. The maximum absolute atomic E-state index is 12.6. The Morgan fingerprint density at radius 1 is 1.20 bits per heavy atom. The normalized spacial score (nSPS) is 58.1. The van der Waals surface area contributed by atoms with E-state index in [1.54, 1.807) is 0 Å². The van der Waals surface area contributed by atoms with E-state index < -0.39 is 16.7 Å². The van der Waals surface area contributed by atoms with Crippen molar-refractivity contribution in [2.45, 2.75) is 63.2 Å². The predicted octanol–water partition coefficient (Wildman–Crippen LogP) is 1.30. The molecule has 2 N–H and O–H groups in total. The summed E-state index contributed by atoms with van der Waals surface area (Å²) in [6.07, 6.45) is 5.30. The summed E-state index contributed by atoms with van der Waals surface area (Å²) in [4.78, 5) is 14.8. The van der Waals surface area contributed by atoms with E-state index >= 15 is 0 Å². The Morgan fingerprint density at radius 2 is 1.90 bits per heavy atom. The standard InChI is InChI=1S/C16H25NO3/c1-11-8-12-9-13(18)15(19)5-3-7-17-6-2-4-14(12,15)16(17,20)10-11/h11-12,19-20H,2-10H2,1H3/t11-,12+,14-,15-,16-/m1/s1. The smallest absolute Gasteiger partial charge is 0.165 e. The van der Waals surface area contributed by atoms with Crippen molar-refractivity contribution in [3.8, 4) is 0 Å². The molecule has 4 heteroatoms. The van der Waals surface area contributed by atoms with Gasteiger partial charge >= 0.3 is 0 Å². The molecule has 4 nitrogen and oxygen atoms in total. The molecule has 0 aromatic carbocycles. The van der Waals surface area contributed by atoms with E-state index in [-0.39, 0.29) is 11.7 Å². The second-order valence-corrected chi connectivity index (χ2v) is 7.71. The number of carbonyl (C=O) groups is 1. The highest BCUT2D eigenvalue weighted by Gasteiger charge is 2.76. The molecule has 1 spiro atoms. The number of aliphatic hydroxyl groups is 2. The molecule has 4 aliphatic rings. The first-order valence-corrected chi connectivity index (χ1v) is 8.17. The van der Waals surface area contributed by atoms with Gasteiger partial charge in [0.15, 0.2) is 5.78 Å². The number of nitrogens with zero attached hydrogens (tertiary/aromatic N) is 1. The van der Waals surface area contributed by atoms with Gasteiger partial charge in [0, 0.05) is 19.5 Å². The molecule has 20 heavy (non-hydrogen) atoms. The van der Waals surface area contributed by atoms with Crippen LogP contribution in [0.15, 0.2) is 0 Å². The van der Waals surface area contributed by atoms with Gasteiger partial charge in [-0.2, -0.15) is 0 Å². The van der Waals surface area contributed by atoms with Crippen molar-refractivity contribution in [3.63, 3.8) is 0 Å². The molecule has 0 aromatic heterocycles. The molecule has 2 saturated carbocycles. The first kappa shape index (κ1) is 13.2. The summed E-state index contributed by atoms with van der Waals surface area (Å²) in [5, 5.41) is 22.9. The third-order valence-corrected chi connectivity index (χ3v) is 6.85. The van der Waals surface area contributed by atoms with Crippen molar-refractivity contribution in [3.05, 3.63) is 0 Å². The largest absolute Gasteiger partial charge is 0.381 e. The first-order valence-electron chi connectivity index (χ1n) is 8.17. The van der Waals surface area contributed by atoms with E-state index in [1.165, 1.54) is 0 Å². The SMILES string of the molecule is C[C@@H]1C[C@H]2CC(=O)[C@]3(O)CCCN4CCC[C@@]23[C@]4(O)C1. The highest BCUT2D eigenvalue weighted by molar-refractivity contribution is 5.91. The lowest BCUT2D eigenvalue weighted by atomic mass is 9.51. The van der Waals surface area contributed by atoms with Gasteiger partial charge in [0.1, 0.15) is 11.3 Å². The van der Waals surface area contributed by atoms with Crippen LogP contribution < -0.4 is 0 Å². The Bertz CT molecular complexity index is 467. The highest BCUT2D eigenvalue weighted by atomic mass is 16.3. The number of piperidine rings is 1. The van der Waals surface area contributed by atoms with Crippen LogP contribution in [-0.4, -0.2) is 45.3 Å². The van der Waals surface area contributed by atoms with Crippen LogP contribution in [0.3, 0.4) is 0 Å². The van der Waals surface area contributed by atoms with Crippen molar-refractivity contribution in [2.24, 2.45) is 17.3 Å². The van der Waals surface area contributed by atoms with Crippen LogP contribution in [-0.2, 0) is 4.79 Å². The van der Waals surface area contributed by atoms with Gasteiger partial charge in [-0.05, 0) is 50.4 Å².